The summed E-state index contributed by atoms with van der Waals surface area (Å²) in [5, 5.41) is 3.02. The van der Waals surface area contributed by atoms with Gasteiger partial charge in [-0.2, -0.15) is 8.42 Å². The molecule has 3 fully saturated rings. The van der Waals surface area contributed by atoms with E-state index in [1.54, 1.807) is 29.3 Å². The minimum absolute atomic E-state index is 0.0698. The third-order valence-corrected chi connectivity index (χ3v) is 9.24. The van der Waals surface area contributed by atoms with E-state index in [4.69, 9.17) is 11.6 Å². The summed E-state index contributed by atoms with van der Waals surface area (Å²) in [6.07, 6.45) is 3.89. The van der Waals surface area contributed by atoms with Crippen LogP contribution in [0.4, 0.5) is 5.69 Å². The molecule has 0 saturated carbocycles. The smallest absolute Gasteiger partial charge is 0.296 e. The molecule has 1 unspecified atom stereocenters. The topological polar surface area (TPSA) is 90.0 Å². The van der Waals surface area contributed by atoms with Crippen molar-refractivity contribution in [1.29, 1.82) is 0 Å². The van der Waals surface area contributed by atoms with Crippen molar-refractivity contribution in [3.63, 3.8) is 0 Å². The van der Waals surface area contributed by atoms with Gasteiger partial charge in [0.25, 0.3) is 16.0 Å². The Balaban J connectivity index is 1.52. The Morgan fingerprint density at radius 1 is 1.18 bits per heavy atom. The molecule has 2 N–H and O–H groups in total. The van der Waals surface area contributed by atoms with E-state index in [1.165, 1.54) is 17.8 Å². The van der Waals surface area contributed by atoms with E-state index in [1.807, 2.05) is 25.1 Å². The number of amides is 1. The summed E-state index contributed by atoms with van der Waals surface area (Å²) in [4.78, 5) is 18.1. The van der Waals surface area contributed by atoms with E-state index in [-0.39, 0.29) is 22.5 Å². The number of benzene rings is 2. The summed E-state index contributed by atoms with van der Waals surface area (Å²) in [7, 11) is -4.51. The van der Waals surface area contributed by atoms with Crippen LogP contribution < -0.4 is 10.2 Å². The molecule has 34 heavy (non-hydrogen) atoms. The van der Waals surface area contributed by atoms with Crippen molar-refractivity contribution in [2.24, 2.45) is 5.92 Å². The van der Waals surface area contributed by atoms with Crippen LogP contribution in [0.15, 0.2) is 53.6 Å². The number of carbonyl (C=O) groups is 1. The zero-order valence-corrected chi connectivity index (χ0v) is 21.0. The molecule has 4 aliphatic heterocycles. The van der Waals surface area contributed by atoms with E-state index in [9.17, 15) is 17.8 Å². The number of aryl methyl sites for hydroxylation is 1. The highest BCUT2D eigenvalue weighted by Gasteiger charge is 2.40. The van der Waals surface area contributed by atoms with Gasteiger partial charge in [0.2, 0.25) is 0 Å². The molecule has 10 heteroatoms. The molecule has 0 radical (unpaired) electrons. The average molecular weight is 520 g/mol. The van der Waals surface area contributed by atoms with Gasteiger partial charge in [0, 0.05) is 34.3 Å². The number of piperidine rings is 3. The van der Waals surface area contributed by atoms with Crippen molar-refractivity contribution >= 4 is 50.0 Å². The van der Waals surface area contributed by atoms with Gasteiger partial charge >= 0.3 is 0 Å². The molecule has 6 rings (SSSR count). The van der Waals surface area contributed by atoms with E-state index in [0.29, 0.717) is 10.9 Å². The van der Waals surface area contributed by atoms with Gasteiger partial charge in [-0.3, -0.25) is 9.35 Å². The van der Waals surface area contributed by atoms with Crippen LogP contribution in [0.5, 0.6) is 0 Å². The highest BCUT2D eigenvalue weighted by atomic mass is 35.5. The maximum atomic E-state index is 13.6. The molecular weight excluding hydrogens is 494 g/mol. The number of nitrogens with one attached hydrogen (secondary N) is 1. The predicted molar refractivity (Wildman–Crippen MR) is 135 cm³/mol. The van der Waals surface area contributed by atoms with Crippen LogP contribution in [0.2, 0.25) is 5.02 Å². The van der Waals surface area contributed by atoms with Crippen molar-refractivity contribution in [2.75, 3.05) is 24.5 Å². The van der Waals surface area contributed by atoms with Crippen molar-refractivity contribution < 1.29 is 17.8 Å². The van der Waals surface area contributed by atoms with Crippen molar-refractivity contribution in [3.05, 3.63) is 64.8 Å². The number of anilines is 1. The fraction of sp³-hybridized carbons (Fsp3) is 0.375. The fourth-order valence-electron chi connectivity index (χ4n) is 5.00. The standard InChI is InChI=1S/C24H26ClN3O4S2/c1-15-6-7-22(34(30,31)32)20(12-15)28-14-21(17-4-2-3-5-18(17)25)33-24(28)23(29)26-19-13-27-10-8-16(19)9-11-27/h2-7,12,14,16,19,24H,8-11,13H2,1H3,(H,26,29)(H,30,31,32)/t19-,24?/m0/s1. The van der Waals surface area contributed by atoms with Crippen LogP contribution in [0.3, 0.4) is 0 Å². The van der Waals surface area contributed by atoms with Crippen LogP contribution in [0, 0.1) is 12.8 Å². The Kier molecular flexibility index (Phi) is 6.41. The summed E-state index contributed by atoms with van der Waals surface area (Å²) in [5.41, 5.74) is 1.83. The van der Waals surface area contributed by atoms with Gasteiger partial charge in [0.15, 0.2) is 5.37 Å². The maximum absolute atomic E-state index is 13.6. The normalized spacial score (nSPS) is 26.4. The van der Waals surface area contributed by atoms with Gasteiger partial charge < -0.3 is 15.1 Å². The lowest BCUT2D eigenvalue weighted by Gasteiger charge is -2.45. The van der Waals surface area contributed by atoms with Crippen LogP contribution >= 0.6 is 23.4 Å². The zero-order valence-electron chi connectivity index (χ0n) is 18.6. The lowest BCUT2D eigenvalue weighted by Crippen LogP contribution is -2.59. The number of hydrogen-bond donors (Lipinski definition) is 2. The number of fused-ring (bicyclic) bond motifs is 3. The highest BCUT2D eigenvalue weighted by Crippen LogP contribution is 2.45. The number of nitrogens with zero attached hydrogens (tertiary/aromatic N) is 2. The lowest BCUT2D eigenvalue weighted by molar-refractivity contribution is -0.122. The summed E-state index contributed by atoms with van der Waals surface area (Å²) in [5.74, 6) is 0.266. The number of halogens is 1. The molecule has 2 atom stereocenters. The quantitative estimate of drug-likeness (QED) is 0.577. The summed E-state index contributed by atoms with van der Waals surface area (Å²) >= 11 is 7.76. The second kappa shape index (κ2) is 9.20. The summed E-state index contributed by atoms with van der Waals surface area (Å²) in [6.45, 7) is 4.81. The van der Waals surface area contributed by atoms with Crippen molar-refractivity contribution in [1.82, 2.24) is 10.2 Å². The van der Waals surface area contributed by atoms with Gasteiger partial charge in [0.1, 0.15) is 4.90 Å². The molecule has 4 heterocycles. The Bertz CT molecular complexity index is 1260. The molecule has 3 saturated heterocycles. The first-order valence-electron chi connectivity index (χ1n) is 11.2. The third kappa shape index (κ3) is 4.59. The summed E-state index contributed by atoms with van der Waals surface area (Å²) < 4.78 is 34.3. The molecule has 2 aromatic carbocycles. The second-order valence-electron chi connectivity index (χ2n) is 9.05. The molecular formula is C24H26ClN3O4S2. The Labute approximate surface area is 208 Å². The van der Waals surface area contributed by atoms with Crippen LogP contribution in [-0.2, 0) is 14.9 Å². The molecule has 2 aromatic rings. The molecule has 0 aliphatic carbocycles. The number of thioether (sulfide) groups is 1. The first-order valence-corrected chi connectivity index (χ1v) is 13.9. The monoisotopic (exact) mass is 519 g/mol. The van der Waals surface area contributed by atoms with E-state index < -0.39 is 15.5 Å². The minimum Gasteiger partial charge on any atom is -0.349 e. The predicted octanol–water partition coefficient (Wildman–Crippen LogP) is 3.98. The van der Waals surface area contributed by atoms with Gasteiger partial charge in [-0.05, 0) is 62.5 Å². The lowest BCUT2D eigenvalue weighted by atomic mass is 9.84. The number of rotatable bonds is 5. The van der Waals surface area contributed by atoms with Crippen molar-refractivity contribution in [2.45, 2.75) is 36.1 Å². The fourth-order valence-corrected chi connectivity index (χ4v) is 7.15. The first kappa shape index (κ1) is 23.7. The molecule has 2 bridgehead atoms. The Hall–Kier alpha value is -2.04. The van der Waals surface area contributed by atoms with Gasteiger partial charge in [-0.25, -0.2) is 0 Å². The van der Waals surface area contributed by atoms with E-state index in [0.717, 1.165) is 48.5 Å². The van der Waals surface area contributed by atoms with Gasteiger partial charge in [-0.1, -0.05) is 47.6 Å². The highest BCUT2D eigenvalue weighted by molar-refractivity contribution is 8.09. The van der Waals surface area contributed by atoms with E-state index >= 15 is 0 Å². The molecule has 0 spiro atoms. The molecule has 1 amide bonds. The molecule has 7 nitrogen and oxygen atoms in total. The van der Waals surface area contributed by atoms with Crippen LogP contribution in [0.25, 0.3) is 4.91 Å². The van der Waals surface area contributed by atoms with Gasteiger partial charge in [0.05, 0.1) is 5.69 Å². The maximum Gasteiger partial charge on any atom is 0.296 e. The van der Waals surface area contributed by atoms with Crippen LogP contribution in [-0.4, -0.2) is 54.8 Å². The van der Waals surface area contributed by atoms with E-state index in [2.05, 4.69) is 10.2 Å². The van der Waals surface area contributed by atoms with Crippen LogP contribution in [0.1, 0.15) is 24.0 Å². The summed E-state index contributed by atoms with van der Waals surface area (Å²) in [6, 6.07) is 12.1. The second-order valence-corrected chi connectivity index (χ2v) is 12.0. The molecule has 4 aliphatic rings. The molecule has 180 valence electrons. The Morgan fingerprint density at radius 2 is 1.91 bits per heavy atom. The first-order chi connectivity index (χ1) is 16.2. The zero-order chi connectivity index (χ0) is 24.0. The third-order valence-electron chi connectivity index (χ3n) is 6.77. The average Bonchev–Trinajstić information content (AvgIpc) is 3.25. The molecule has 0 aromatic heterocycles. The van der Waals surface area contributed by atoms with Crippen molar-refractivity contribution in [3.8, 4) is 0 Å². The largest absolute Gasteiger partial charge is 0.349 e. The number of carbonyl (C=O) groups excluding carboxylic acids is 1. The van der Waals surface area contributed by atoms with Gasteiger partial charge in [-0.15, -0.1) is 0 Å². The Morgan fingerprint density at radius 3 is 2.56 bits per heavy atom. The minimum atomic E-state index is -4.51. The SMILES string of the molecule is Cc1ccc(S(=O)(=O)O)c(N2C=C(c3ccccc3Cl)SC2C(=O)N[C@H]2CN3CCC2CC3)c1. The number of hydrogen-bond acceptors (Lipinski definition) is 6.